The number of aryl methyl sites for hydroxylation is 1. The maximum atomic E-state index is 12.2. The molecule has 0 aromatic heterocycles. The van der Waals surface area contributed by atoms with Crippen molar-refractivity contribution in [2.75, 3.05) is 5.75 Å². The highest BCUT2D eigenvalue weighted by atomic mass is 32.2. The Bertz CT molecular complexity index is 772. The van der Waals surface area contributed by atoms with Crippen molar-refractivity contribution in [3.05, 3.63) is 65.2 Å². The van der Waals surface area contributed by atoms with Crippen LogP contribution in [0.3, 0.4) is 0 Å². The maximum absolute atomic E-state index is 12.2. The largest absolute Gasteiger partial charge is 0.349 e. The summed E-state index contributed by atoms with van der Waals surface area (Å²) in [6, 6.07) is 16.6. The predicted molar refractivity (Wildman–Crippen MR) is 110 cm³/mol. The van der Waals surface area contributed by atoms with E-state index in [1.54, 1.807) is 11.8 Å². The van der Waals surface area contributed by atoms with Crippen LogP contribution in [-0.4, -0.2) is 16.0 Å². The van der Waals surface area contributed by atoms with E-state index >= 15 is 0 Å². The van der Waals surface area contributed by atoms with E-state index in [2.05, 4.69) is 47.6 Å². The van der Waals surface area contributed by atoms with Crippen LogP contribution in [0.4, 0.5) is 5.69 Å². The smallest absolute Gasteiger partial charge is 0.230 e. The zero-order valence-electron chi connectivity index (χ0n) is 14.5. The molecule has 3 nitrogen and oxygen atoms in total. The minimum Gasteiger partial charge on any atom is -0.349 e. The van der Waals surface area contributed by atoms with E-state index < -0.39 is 0 Å². The standard InChI is InChI=1S/C20H22N2OS2/c1-3-15-8-10-16(11-9-15)14(2)21-19(23)13-25-20-22-18-7-5-4-6-17(18)12-24-20/h4-11,14H,3,12-13H2,1-2H3,(H,21,23)/t14-/m1/s1. The van der Waals surface area contributed by atoms with Gasteiger partial charge in [-0.05, 0) is 36.1 Å². The van der Waals surface area contributed by atoms with Crippen molar-refractivity contribution in [2.24, 2.45) is 4.99 Å². The average Bonchev–Trinajstić information content (AvgIpc) is 2.66. The van der Waals surface area contributed by atoms with Crippen molar-refractivity contribution in [3.63, 3.8) is 0 Å². The highest BCUT2D eigenvalue weighted by Gasteiger charge is 2.15. The molecule has 1 aliphatic heterocycles. The molecule has 1 N–H and O–H groups in total. The van der Waals surface area contributed by atoms with Gasteiger partial charge >= 0.3 is 0 Å². The molecule has 0 unspecified atom stereocenters. The summed E-state index contributed by atoms with van der Waals surface area (Å²) in [7, 11) is 0. The third-order valence-electron chi connectivity index (χ3n) is 4.15. The molecule has 1 amide bonds. The number of para-hydroxylation sites is 1. The zero-order chi connectivity index (χ0) is 17.6. The molecule has 0 aliphatic carbocycles. The fourth-order valence-corrected chi connectivity index (χ4v) is 4.50. The Labute approximate surface area is 157 Å². The van der Waals surface area contributed by atoms with Crippen LogP contribution in [0, 0.1) is 0 Å². The molecule has 0 radical (unpaired) electrons. The van der Waals surface area contributed by atoms with Gasteiger partial charge in [-0.3, -0.25) is 4.79 Å². The predicted octanol–water partition coefficient (Wildman–Crippen LogP) is 5.09. The summed E-state index contributed by atoms with van der Waals surface area (Å²) < 4.78 is 0.966. The summed E-state index contributed by atoms with van der Waals surface area (Å²) in [5.41, 5.74) is 4.72. The van der Waals surface area contributed by atoms with Gasteiger partial charge < -0.3 is 5.32 Å². The first-order valence-corrected chi connectivity index (χ1v) is 10.4. The number of fused-ring (bicyclic) bond motifs is 1. The lowest BCUT2D eigenvalue weighted by Crippen LogP contribution is -2.28. The Kier molecular flexibility index (Phi) is 6.21. The van der Waals surface area contributed by atoms with Gasteiger partial charge in [0.15, 0.2) is 0 Å². The number of benzene rings is 2. The molecule has 5 heteroatoms. The summed E-state index contributed by atoms with van der Waals surface area (Å²) in [4.78, 5) is 16.9. The van der Waals surface area contributed by atoms with Crippen LogP contribution < -0.4 is 5.32 Å². The third kappa shape index (κ3) is 4.89. The summed E-state index contributed by atoms with van der Waals surface area (Å²) in [5.74, 6) is 1.36. The number of amides is 1. The third-order valence-corrected chi connectivity index (χ3v) is 6.39. The van der Waals surface area contributed by atoms with Gasteiger partial charge in [0.05, 0.1) is 17.5 Å². The minimum atomic E-state index is 0.0145. The molecule has 1 atom stereocenters. The lowest BCUT2D eigenvalue weighted by Gasteiger charge is -2.16. The molecule has 0 fully saturated rings. The number of nitrogens with one attached hydrogen (secondary N) is 1. The molecule has 0 spiro atoms. The van der Waals surface area contributed by atoms with Gasteiger partial charge in [0.2, 0.25) is 5.91 Å². The molecule has 130 valence electrons. The number of thioether (sulfide) groups is 2. The first kappa shape index (κ1) is 18.1. The zero-order valence-corrected chi connectivity index (χ0v) is 16.1. The second-order valence-electron chi connectivity index (χ2n) is 5.97. The van der Waals surface area contributed by atoms with Gasteiger partial charge in [-0.1, -0.05) is 72.9 Å². The van der Waals surface area contributed by atoms with E-state index in [-0.39, 0.29) is 11.9 Å². The summed E-state index contributed by atoms with van der Waals surface area (Å²) in [5, 5.41) is 3.07. The number of nitrogens with zero attached hydrogens (tertiary/aromatic N) is 1. The van der Waals surface area contributed by atoms with Crippen LogP contribution >= 0.6 is 23.5 Å². The van der Waals surface area contributed by atoms with Crippen molar-refractivity contribution in [3.8, 4) is 0 Å². The molecular formula is C20H22N2OS2. The van der Waals surface area contributed by atoms with Crippen LogP contribution in [0.1, 0.15) is 36.6 Å². The van der Waals surface area contributed by atoms with Crippen LogP contribution in [0.15, 0.2) is 53.5 Å². The Morgan fingerprint density at radius 1 is 1.24 bits per heavy atom. The minimum absolute atomic E-state index is 0.0145. The Morgan fingerprint density at radius 2 is 2.00 bits per heavy atom. The molecular weight excluding hydrogens is 348 g/mol. The van der Waals surface area contributed by atoms with Gasteiger partial charge in [0, 0.05) is 5.75 Å². The Hall–Kier alpha value is -1.72. The molecule has 1 aliphatic rings. The topological polar surface area (TPSA) is 41.5 Å². The number of aliphatic imine (C=N–C) groups is 1. The number of carbonyl (C=O) groups is 1. The van der Waals surface area contributed by atoms with E-state index in [1.165, 1.54) is 22.9 Å². The fourth-order valence-electron chi connectivity index (χ4n) is 2.62. The molecule has 0 saturated carbocycles. The highest BCUT2D eigenvalue weighted by molar-refractivity contribution is 8.38. The van der Waals surface area contributed by atoms with Crippen molar-refractivity contribution < 1.29 is 4.79 Å². The van der Waals surface area contributed by atoms with E-state index in [0.717, 1.165) is 27.8 Å². The monoisotopic (exact) mass is 370 g/mol. The van der Waals surface area contributed by atoms with Crippen LogP contribution in [0.25, 0.3) is 0 Å². The summed E-state index contributed by atoms with van der Waals surface area (Å²) >= 11 is 3.21. The maximum Gasteiger partial charge on any atom is 0.230 e. The first-order chi connectivity index (χ1) is 12.2. The number of carbonyl (C=O) groups excluding carboxylic acids is 1. The van der Waals surface area contributed by atoms with E-state index in [0.29, 0.717) is 5.75 Å². The van der Waals surface area contributed by atoms with Crippen molar-refractivity contribution in [2.45, 2.75) is 32.1 Å². The van der Waals surface area contributed by atoms with Gasteiger partial charge in [0.25, 0.3) is 0 Å². The van der Waals surface area contributed by atoms with Crippen molar-refractivity contribution in [1.29, 1.82) is 0 Å². The van der Waals surface area contributed by atoms with Crippen LogP contribution in [0.2, 0.25) is 0 Å². The molecule has 3 rings (SSSR count). The van der Waals surface area contributed by atoms with E-state index in [9.17, 15) is 4.79 Å². The van der Waals surface area contributed by atoms with E-state index in [1.807, 2.05) is 25.1 Å². The highest BCUT2D eigenvalue weighted by Crippen LogP contribution is 2.34. The SMILES string of the molecule is CCc1ccc([C@@H](C)NC(=O)CSC2=Nc3ccccc3CS2)cc1. The van der Waals surface area contributed by atoms with Gasteiger partial charge in [-0.2, -0.15) is 0 Å². The van der Waals surface area contributed by atoms with Gasteiger partial charge in [0.1, 0.15) is 4.38 Å². The van der Waals surface area contributed by atoms with Crippen molar-refractivity contribution in [1.82, 2.24) is 5.32 Å². The molecule has 0 saturated heterocycles. The lowest BCUT2D eigenvalue weighted by molar-refractivity contribution is -0.119. The van der Waals surface area contributed by atoms with Crippen LogP contribution in [0.5, 0.6) is 0 Å². The van der Waals surface area contributed by atoms with Crippen LogP contribution in [-0.2, 0) is 17.0 Å². The second-order valence-corrected chi connectivity index (χ2v) is 8.15. The number of hydrogen-bond acceptors (Lipinski definition) is 4. The first-order valence-electron chi connectivity index (χ1n) is 8.46. The lowest BCUT2D eigenvalue weighted by atomic mass is 10.1. The molecule has 1 heterocycles. The quantitative estimate of drug-likeness (QED) is 0.797. The van der Waals surface area contributed by atoms with Crippen molar-refractivity contribution >= 4 is 39.5 Å². The molecule has 2 aromatic rings. The summed E-state index contributed by atoms with van der Waals surface area (Å²) in [6.45, 7) is 4.16. The fraction of sp³-hybridized carbons (Fsp3) is 0.300. The van der Waals surface area contributed by atoms with Gasteiger partial charge in [-0.25, -0.2) is 4.99 Å². The summed E-state index contributed by atoms with van der Waals surface area (Å²) in [6.07, 6.45) is 1.03. The molecule has 25 heavy (non-hydrogen) atoms. The molecule has 0 bridgehead atoms. The normalized spacial score (nSPS) is 14.4. The van der Waals surface area contributed by atoms with E-state index in [4.69, 9.17) is 0 Å². The Morgan fingerprint density at radius 3 is 2.76 bits per heavy atom. The Balaban J connectivity index is 1.52. The second kappa shape index (κ2) is 8.59. The molecule has 2 aromatic carbocycles. The number of hydrogen-bond donors (Lipinski definition) is 1. The number of rotatable bonds is 5. The van der Waals surface area contributed by atoms with Gasteiger partial charge in [-0.15, -0.1) is 0 Å². The average molecular weight is 371 g/mol.